The van der Waals surface area contributed by atoms with Gasteiger partial charge >= 0.3 is 0 Å². The molecule has 250 valence electrons. The molecule has 1 spiro atoms. The lowest BCUT2D eigenvalue weighted by Gasteiger charge is -2.39. The standard InChI is InChI=1S/C47H26N6O/c48-24-28-17-18-41-34(21-28)32-10-2-6-14-40(32)52(41)29-22-37-45(50-25-29)46-38(47(37)35-11-3-7-15-43(35)54-44-16-8-4-12-36(44)47)23-30(26-51-46)53-39-13-5-1-9-31(39)33-19-20-49-27-42(33)53/h1-23,25-27H. The number of para-hydroxylation sites is 4. The van der Waals surface area contributed by atoms with E-state index in [4.69, 9.17) is 14.7 Å². The summed E-state index contributed by atoms with van der Waals surface area (Å²) in [4.78, 5) is 15.1. The number of nitriles is 1. The molecule has 10 aromatic rings. The molecule has 5 aromatic carbocycles. The van der Waals surface area contributed by atoms with Crippen molar-refractivity contribution in [2.24, 2.45) is 0 Å². The fourth-order valence-electron chi connectivity index (χ4n) is 9.24. The summed E-state index contributed by atoms with van der Waals surface area (Å²) in [6.07, 6.45) is 7.71. The normalized spacial score (nSPS) is 13.5. The second kappa shape index (κ2) is 10.5. The Labute approximate surface area is 308 Å². The van der Waals surface area contributed by atoms with Gasteiger partial charge in [0.05, 0.1) is 80.5 Å². The van der Waals surface area contributed by atoms with Crippen molar-refractivity contribution in [2.45, 2.75) is 5.41 Å². The summed E-state index contributed by atoms with van der Waals surface area (Å²) in [6, 6.07) is 48.4. The van der Waals surface area contributed by atoms with E-state index in [9.17, 15) is 5.26 Å². The van der Waals surface area contributed by atoms with Crippen LogP contribution in [0.5, 0.6) is 11.5 Å². The summed E-state index contributed by atoms with van der Waals surface area (Å²) < 4.78 is 11.2. The van der Waals surface area contributed by atoms with Gasteiger partial charge in [-0.25, -0.2) is 0 Å². The van der Waals surface area contributed by atoms with Crippen molar-refractivity contribution in [3.05, 3.63) is 186 Å². The molecule has 0 fully saturated rings. The van der Waals surface area contributed by atoms with Gasteiger partial charge in [0, 0.05) is 50.0 Å². The van der Waals surface area contributed by atoms with Gasteiger partial charge in [-0.3, -0.25) is 15.0 Å². The molecule has 0 atom stereocenters. The van der Waals surface area contributed by atoms with Crippen molar-refractivity contribution in [3.8, 4) is 40.3 Å². The van der Waals surface area contributed by atoms with Gasteiger partial charge < -0.3 is 13.9 Å². The number of ether oxygens (including phenoxy) is 1. The van der Waals surface area contributed by atoms with E-state index in [2.05, 4.69) is 117 Å². The van der Waals surface area contributed by atoms with Crippen molar-refractivity contribution < 1.29 is 4.74 Å². The number of nitrogens with zero attached hydrogens (tertiary/aromatic N) is 6. The third-order valence-corrected chi connectivity index (χ3v) is 11.4. The van der Waals surface area contributed by atoms with E-state index in [0.717, 1.165) is 100 Å². The van der Waals surface area contributed by atoms with Crippen LogP contribution in [0.3, 0.4) is 0 Å². The van der Waals surface area contributed by atoms with Crippen LogP contribution < -0.4 is 4.74 Å². The van der Waals surface area contributed by atoms with E-state index < -0.39 is 5.41 Å². The monoisotopic (exact) mass is 690 g/mol. The molecule has 0 saturated carbocycles. The minimum atomic E-state index is -0.800. The summed E-state index contributed by atoms with van der Waals surface area (Å²) in [5, 5.41) is 14.2. The number of hydrogen-bond donors (Lipinski definition) is 0. The smallest absolute Gasteiger partial charge is 0.132 e. The summed E-state index contributed by atoms with van der Waals surface area (Å²) in [7, 11) is 0. The van der Waals surface area contributed by atoms with Crippen LogP contribution in [0.1, 0.15) is 27.8 Å². The summed E-state index contributed by atoms with van der Waals surface area (Å²) in [6.45, 7) is 0. The highest BCUT2D eigenvalue weighted by Gasteiger charge is 2.53. The minimum Gasteiger partial charge on any atom is -0.457 e. The fraction of sp³-hybridized carbons (Fsp3) is 0.0213. The van der Waals surface area contributed by atoms with Gasteiger partial charge in [-0.1, -0.05) is 72.8 Å². The van der Waals surface area contributed by atoms with E-state index in [-0.39, 0.29) is 0 Å². The Balaban J connectivity index is 1.20. The molecule has 0 amide bonds. The van der Waals surface area contributed by atoms with Gasteiger partial charge in [0.1, 0.15) is 11.5 Å². The number of hydrogen-bond acceptors (Lipinski definition) is 5. The molecule has 7 heteroatoms. The van der Waals surface area contributed by atoms with E-state index in [0.29, 0.717) is 5.56 Å². The number of benzene rings is 5. The molecule has 2 aliphatic rings. The molecule has 0 N–H and O–H groups in total. The fourth-order valence-corrected chi connectivity index (χ4v) is 9.24. The average molecular weight is 691 g/mol. The van der Waals surface area contributed by atoms with Crippen LogP contribution in [-0.4, -0.2) is 24.1 Å². The van der Waals surface area contributed by atoms with Crippen LogP contribution in [0.15, 0.2) is 158 Å². The number of rotatable bonds is 2. The molecule has 12 rings (SSSR count). The summed E-state index contributed by atoms with van der Waals surface area (Å²) >= 11 is 0. The Bertz CT molecular complexity index is 3190. The highest BCUT2D eigenvalue weighted by Crippen LogP contribution is 2.61. The molecule has 1 aliphatic heterocycles. The van der Waals surface area contributed by atoms with Crippen molar-refractivity contribution in [1.82, 2.24) is 24.1 Å². The van der Waals surface area contributed by atoms with Crippen LogP contribution in [0.25, 0.3) is 66.4 Å². The van der Waals surface area contributed by atoms with Crippen molar-refractivity contribution in [1.29, 1.82) is 5.26 Å². The Hall–Kier alpha value is -7.56. The predicted octanol–water partition coefficient (Wildman–Crippen LogP) is 10.4. The Morgan fingerprint density at radius 3 is 1.69 bits per heavy atom. The van der Waals surface area contributed by atoms with E-state index in [1.807, 2.05) is 61.2 Å². The lowest BCUT2D eigenvalue weighted by atomic mass is 9.66. The maximum Gasteiger partial charge on any atom is 0.132 e. The third kappa shape index (κ3) is 3.61. The van der Waals surface area contributed by atoms with E-state index >= 15 is 0 Å². The van der Waals surface area contributed by atoms with Gasteiger partial charge in [-0.2, -0.15) is 5.26 Å². The molecule has 0 unspecified atom stereocenters. The Morgan fingerprint density at radius 2 is 1.04 bits per heavy atom. The molecule has 1 aliphatic carbocycles. The second-order valence-corrected chi connectivity index (χ2v) is 14.0. The molecular formula is C47H26N6O. The van der Waals surface area contributed by atoms with Crippen molar-refractivity contribution in [2.75, 3.05) is 0 Å². The Morgan fingerprint density at radius 1 is 0.500 bits per heavy atom. The first kappa shape index (κ1) is 29.1. The van der Waals surface area contributed by atoms with Crippen LogP contribution in [-0.2, 0) is 5.41 Å². The molecule has 6 heterocycles. The quantitative estimate of drug-likeness (QED) is 0.180. The molecule has 0 radical (unpaired) electrons. The number of pyridine rings is 3. The maximum atomic E-state index is 9.78. The zero-order chi connectivity index (χ0) is 35.5. The predicted molar refractivity (Wildman–Crippen MR) is 211 cm³/mol. The van der Waals surface area contributed by atoms with Gasteiger partial charge in [0.25, 0.3) is 0 Å². The van der Waals surface area contributed by atoms with E-state index in [1.54, 1.807) is 0 Å². The number of aromatic nitrogens is 5. The van der Waals surface area contributed by atoms with E-state index in [1.165, 1.54) is 0 Å². The van der Waals surface area contributed by atoms with Crippen LogP contribution in [0.2, 0.25) is 0 Å². The van der Waals surface area contributed by atoms with Crippen molar-refractivity contribution >= 4 is 43.6 Å². The van der Waals surface area contributed by atoms with Gasteiger partial charge in [0.2, 0.25) is 0 Å². The van der Waals surface area contributed by atoms with Gasteiger partial charge in [0.15, 0.2) is 0 Å². The maximum absolute atomic E-state index is 9.78. The second-order valence-electron chi connectivity index (χ2n) is 14.0. The largest absolute Gasteiger partial charge is 0.457 e. The van der Waals surface area contributed by atoms with Gasteiger partial charge in [-0.15, -0.1) is 0 Å². The highest BCUT2D eigenvalue weighted by molar-refractivity contribution is 6.10. The molecular weight excluding hydrogens is 665 g/mol. The topological polar surface area (TPSA) is 81.5 Å². The summed E-state index contributed by atoms with van der Waals surface area (Å²) in [5.74, 6) is 1.60. The third-order valence-electron chi connectivity index (χ3n) is 11.4. The molecule has 0 saturated heterocycles. The van der Waals surface area contributed by atoms with Crippen LogP contribution in [0.4, 0.5) is 0 Å². The zero-order valence-corrected chi connectivity index (χ0v) is 28.6. The minimum absolute atomic E-state index is 0.628. The Kier molecular flexibility index (Phi) is 5.65. The molecule has 0 bridgehead atoms. The zero-order valence-electron chi connectivity index (χ0n) is 28.6. The first-order chi connectivity index (χ1) is 26.7. The molecule has 5 aromatic heterocycles. The number of fused-ring (bicyclic) bond motifs is 15. The first-order valence-electron chi connectivity index (χ1n) is 17.9. The molecule has 54 heavy (non-hydrogen) atoms. The lowest BCUT2D eigenvalue weighted by molar-refractivity contribution is 0.436. The summed E-state index contributed by atoms with van der Waals surface area (Å²) in [5.41, 5.74) is 11.7. The van der Waals surface area contributed by atoms with Crippen LogP contribution in [0, 0.1) is 11.3 Å². The lowest BCUT2D eigenvalue weighted by Crippen LogP contribution is -2.32. The van der Waals surface area contributed by atoms with Gasteiger partial charge in [-0.05, 0) is 60.7 Å². The average Bonchev–Trinajstić information content (AvgIpc) is 3.84. The molecule has 7 nitrogen and oxygen atoms in total. The highest BCUT2D eigenvalue weighted by atomic mass is 16.5. The van der Waals surface area contributed by atoms with Crippen molar-refractivity contribution in [3.63, 3.8) is 0 Å². The SMILES string of the molecule is N#Cc1ccc2c(c1)c1ccccc1n2-c1cnc2c(c1)C1(c3ccccc3Oc3ccccc31)c1cc(-n3c4ccccc4c4ccncc43)cnc1-2. The first-order valence-corrected chi connectivity index (χ1v) is 17.9. The van der Waals surface area contributed by atoms with Crippen LogP contribution >= 0.6 is 0 Å².